The van der Waals surface area contributed by atoms with E-state index in [1.165, 1.54) is 82.6 Å². The molecule has 0 aliphatic rings. The van der Waals surface area contributed by atoms with Crippen molar-refractivity contribution in [1.29, 1.82) is 0 Å². The van der Waals surface area contributed by atoms with Gasteiger partial charge in [0.1, 0.15) is 0 Å². The largest absolute Gasteiger partial charge is 0.423 e. The van der Waals surface area contributed by atoms with E-state index in [0.29, 0.717) is 18.0 Å². The Balaban J connectivity index is 1.66. The predicted molar refractivity (Wildman–Crippen MR) is 137 cm³/mol. The number of carbonyl (C=O) groups is 1. The maximum absolute atomic E-state index is 12.0. The Kier molecular flexibility index (Phi) is 14.1. The molecule has 0 spiro atoms. The fraction of sp³-hybridized carbons (Fsp3) is 0.621. The van der Waals surface area contributed by atoms with Gasteiger partial charge in [-0.15, -0.1) is 0 Å². The Morgan fingerprint density at radius 1 is 0.697 bits per heavy atom. The fourth-order valence-corrected chi connectivity index (χ4v) is 4.03. The summed E-state index contributed by atoms with van der Waals surface area (Å²) in [5.41, 5.74) is 2.35. The number of aryl methyl sites for hydroxylation is 1. The molecule has 4 heteroatoms. The van der Waals surface area contributed by atoms with Crippen molar-refractivity contribution < 1.29 is 9.53 Å². The first-order chi connectivity index (χ1) is 16.2. The first kappa shape index (κ1) is 27.0. The second-order valence-electron chi connectivity index (χ2n) is 9.16. The molecule has 0 radical (unpaired) electrons. The summed E-state index contributed by atoms with van der Waals surface area (Å²) < 4.78 is 5.39. The van der Waals surface area contributed by atoms with Crippen molar-refractivity contribution in [3.63, 3.8) is 0 Å². The van der Waals surface area contributed by atoms with Crippen LogP contribution in [-0.4, -0.2) is 15.9 Å². The zero-order chi connectivity index (χ0) is 23.6. The lowest BCUT2D eigenvalue weighted by Crippen LogP contribution is -2.08. The van der Waals surface area contributed by atoms with E-state index in [0.717, 1.165) is 24.8 Å². The van der Waals surface area contributed by atoms with E-state index in [4.69, 9.17) is 4.74 Å². The van der Waals surface area contributed by atoms with Gasteiger partial charge in [-0.25, -0.2) is 9.97 Å². The van der Waals surface area contributed by atoms with E-state index in [2.05, 4.69) is 48.1 Å². The summed E-state index contributed by atoms with van der Waals surface area (Å²) in [5.74, 6) is 0.876. The van der Waals surface area contributed by atoms with Crippen LogP contribution < -0.4 is 4.74 Å². The van der Waals surface area contributed by atoms with Crippen LogP contribution in [0.15, 0.2) is 36.7 Å². The molecule has 0 saturated heterocycles. The van der Waals surface area contributed by atoms with Gasteiger partial charge in [0.15, 0.2) is 11.6 Å². The Hall–Kier alpha value is -2.23. The fourth-order valence-electron chi connectivity index (χ4n) is 4.03. The highest BCUT2D eigenvalue weighted by molar-refractivity contribution is 5.72. The molecule has 0 N–H and O–H groups in total. The monoisotopic (exact) mass is 452 g/mol. The van der Waals surface area contributed by atoms with Gasteiger partial charge in [0.25, 0.3) is 0 Å². The van der Waals surface area contributed by atoms with Crippen molar-refractivity contribution in [1.82, 2.24) is 9.97 Å². The van der Waals surface area contributed by atoms with Crippen molar-refractivity contribution in [2.45, 2.75) is 117 Å². The first-order valence-electron chi connectivity index (χ1n) is 13.3. The summed E-state index contributed by atoms with van der Waals surface area (Å²) in [6, 6.07) is 8.51. The molecule has 1 heterocycles. The quantitative estimate of drug-likeness (QED) is 0.168. The Labute approximate surface area is 201 Å². The van der Waals surface area contributed by atoms with Crippen LogP contribution in [-0.2, 0) is 11.2 Å². The first-order valence-corrected chi connectivity index (χ1v) is 13.3. The standard InChI is InChI=1S/C29H44N2O2/c1-3-5-7-9-11-13-15-17-25-19-21-26(22-20-25)29-30-23-27(24-31-29)33-28(32)18-16-14-12-10-8-6-4-2/h19-24H,3-18H2,1-2H3. The molecule has 0 amide bonds. The Morgan fingerprint density at radius 3 is 1.79 bits per heavy atom. The molecule has 0 fully saturated rings. The molecular weight excluding hydrogens is 408 g/mol. The molecule has 0 saturated carbocycles. The lowest BCUT2D eigenvalue weighted by molar-refractivity contribution is -0.134. The van der Waals surface area contributed by atoms with Gasteiger partial charge in [0.2, 0.25) is 0 Å². The molecule has 0 bridgehead atoms. The van der Waals surface area contributed by atoms with E-state index in [9.17, 15) is 4.79 Å². The minimum atomic E-state index is -0.199. The van der Waals surface area contributed by atoms with Gasteiger partial charge in [-0.3, -0.25) is 4.79 Å². The topological polar surface area (TPSA) is 52.1 Å². The summed E-state index contributed by atoms with van der Waals surface area (Å²) >= 11 is 0. The van der Waals surface area contributed by atoms with Crippen molar-refractivity contribution >= 4 is 5.97 Å². The summed E-state index contributed by atoms with van der Waals surface area (Å²) in [4.78, 5) is 20.8. The molecular formula is C29H44N2O2. The number of nitrogens with zero attached hydrogens (tertiary/aromatic N) is 2. The second-order valence-corrected chi connectivity index (χ2v) is 9.16. The van der Waals surface area contributed by atoms with Crippen LogP contribution in [0.1, 0.15) is 116 Å². The lowest BCUT2D eigenvalue weighted by atomic mass is 10.0. The van der Waals surface area contributed by atoms with Gasteiger partial charge in [-0.05, 0) is 24.8 Å². The zero-order valence-corrected chi connectivity index (χ0v) is 21.0. The van der Waals surface area contributed by atoms with Crippen LogP contribution in [0.25, 0.3) is 11.4 Å². The van der Waals surface area contributed by atoms with Gasteiger partial charge in [0.05, 0.1) is 12.4 Å². The third-order valence-electron chi connectivity index (χ3n) is 6.13. The highest BCUT2D eigenvalue weighted by atomic mass is 16.5. The number of benzene rings is 1. The molecule has 0 atom stereocenters. The van der Waals surface area contributed by atoms with Crippen molar-refractivity contribution in [3.8, 4) is 17.1 Å². The molecule has 0 aliphatic heterocycles. The van der Waals surface area contributed by atoms with Gasteiger partial charge in [-0.1, -0.05) is 115 Å². The SMILES string of the molecule is CCCCCCCCCC(=O)Oc1cnc(-c2ccc(CCCCCCCCC)cc2)nc1. The van der Waals surface area contributed by atoms with Crippen LogP contribution in [0.2, 0.25) is 0 Å². The molecule has 2 aromatic rings. The number of ether oxygens (including phenoxy) is 1. The third kappa shape index (κ3) is 12.0. The molecule has 0 aliphatic carbocycles. The third-order valence-corrected chi connectivity index (χ3v) is 6.13. The van der Waals surface area contributed by atoms with Crippen LogP contribution >= 0.6 is 0 Å². The molecule has 0 unspecified atom stereocenters. The number of unbranched alkanes of at least 4 members (excludes halogenated alkanes) is 12. The smallest absolute Gasteiger partial charge is 0.311 e. The Bertz CT molecular complexity index is 756. The number of aromatic nitrogens is 2. The normalized spacial score (nSPS) is 11.0. The number of carbonyl (C=O) groups excluding carboxylic acids is 1. The zero-order valence-electron chi connectivity index (χ0n) is 21.0. The van der Waals surface area contributed by atoms with E-state index >= 15 is 0 Å². The van der Waals surface area contributed by atoms with E-state index in [1.807, 2.05) is 0 Å². The lowest BCUT2D eigenvalue weighted by Gasteiger charge is -2.06. The van der Waals surface area contributed by atoms with Crippen LogP contribution in [0.4, 0.5) is 0 Å². The molecule has 182 valence electrons. The minimum Gasteiger partial charge on any atom is -0.423 e. The predicted octanol–water partition coefficient (Wildman–Crippen LogP) is 8.48. The molecule has 2 rings (SSSR count). The maximum atomic E-state index is 12.0. The van der Waals surface area contributed by atoms with Crippen molar-refractivity contribution in [2.24, 2.45) is 0 Å². The highest BCUT2D eigenvalue weighted by Gasteiger charge is 2.07. The molecule has 1 aromatic heterocycles. The van der Waals surface area contributed by atoms with Crippen LogP contribution in [0, 0.1) is 0 Å². The summed E-state index contributed by atoms with van der Waals surface area (Å²) in [6.07, 6.45) is 22.4. The average molecular weight is 453 g/mol. The number of hydrogen-bond acceptors (Lipinski definition) is 4. The molecule has 33 heavy (non-hydrogen) atoms. The van der Waals surface area contributed by atoms with Gasteiger partial charge in [0, 0.05) is 12.0 Å². The summed E-state index contributed by atoms with van der Waals surface area (Å²) in [6.45, 7) is 4.48. The Morgan fingerprint density at radius 2 is 1.21 bits per heavy atom. The average Bonchev–Trinajstić information content (AvgIpc) is 2.84. The van der Waals surface area contributed by atoms with Gasteiger partial charge in [-0.2, -0.15) is 0 Å². The summed E-state index contributed by atoms with van der Waals surface area (Å²) in [7, 11) is 0. The maximum Gasteiger partial charge on any atom is 0.311 e. The van der Waals surface area contributed by atoms with Crippen molar-refractivity contribution in [3.05, 3.63) is 42.2 Å². The van der Waals surface area contributed by atoms with E-state index in [1.54, 1.807) is 12.4 Å². The van der Waals surface area contributed by atoms with E-state index in [-0.39, 0.29) is 5.97 Å². The molecule has 4 nitrogen and oxygen atoms in total. The molecule has 1 aromatic carbocycles. The minimum absolute atomic E-state index is 0.199. The number of rotatable bonds is 18. The number of hydrogen-bond donors (Lipinski definition) is 0. The number of esters is 1. The van der Waals surface area contributed by atoms with E-state index < -0.39 is 0 Å². The van der Waals surface area contributed by atoms with Gasteiger partial charge < -0.3 is 4.74 Å². The highest BCUT2D eigenvalue weighted by Crippen LogP contribution is 2.19. The second kappa shape index (κ2) is 17.3. The van der Waals surface area contributed by atoms with Gasteiger partial charge >= 0.3 is 5.97 Å². The van der Waals surface area contributed by atoms with Crippen molar-refractivity contribution in [2.75, 3.05) is 0 Å². The summed E-state index contributed by atoms with van der Waals surface area (Å²) in [5, 5.41) is 0. The van der Waals surface area contributed by atoms with Crippen LogP contribution in [0.3, 0.4) is 0 Å². The van der Waals surface area contributed by atoms with Crippen LogP contribution in [0.5, 0.6) is 5.75 Å².